The molecule has 0 saturated carbocycles. The molecule has 32 heavy (non-hydrogen) atoms. The fraction of sp³-hybridized carbons (Fsp3) is 0.231. The van der Waals surface area contributed by atoms with Crippen LogP contribution in [0.15, 0.2) is 83.9 Å². The van der Waals surface area contributed by atoms with E-state index in [4.69, 9.17) is 7.85 Å². The number of hydrogen-bond acceptors (Lipinski definition) is 4. The lowest BCUT2D eigenvalue weighted by molar-refractivity contribution is 0.211. The van der Waals surface area contributed by atoms with E-state index < -0.39 is 0 Å². The second-order valence-electron chi connectivity index (χ2n) is 8.42. The first-order valence-electron chi connectivity index (χ1n) is 11.1. The topological polar surface area (TPSA) is 50.2 Å². The number of benzene rings is 3. The summed E-state index contributed by atoms with van der Waals surface area (Å²) in [5.41, 5.74) is 2.55. The van der Waals surface area contributed by atoms with Gasteiger partial charge in [0.2, 0.25) is 0 Å². The lowest BCUT2D eigenvalue weighted by Gasteiger charge is -2.32. The summed E-state index contributed by atoms with van der Waals surface area (Å²) in [6, 6.07) is 22.7. The van der Waals surface area contributed by atoms with Crippen LogP contribution in [-0.2, 0) is 6.54 Å². The van der Waals surface area contributed by atoms with Gasteiger partial charge in [-0.05, 0) is 47.4 Å². The number of rotatable bonds is 5. The zero-order chi connectivity index (χ0) is 21.9. The van der Waals surface area contributed by atoms with Crippen LogP contribution in [0.4, 0.5) is 5.82 Å². The third kappa shape index (κ3) is 4.46. The van der Waals surface area contributed by atoms with E-state index in [0.29, 0.717) is 11.3 Å². The summed E-state index contributed by atoms with van der Waals surface area (Å²) in [6.45, 7) is 2.92. The summed E-state index contributed by atoms with van der Waals surface area (Å²) in [4.78, 5) is 19.7. The molecule has 1 N–H and O–H groups in total. The van der Waals surface area contributed by atoms with Crippen molar-refractivity contribution in [3.63, 3.8) is 0 Å². The molecule has 0 atom stereocenters. The third-order valence-corrected chi connectivity index (χ3v) is 6.14. The van der Waals surface area contributed by atoms with Gasteiger partial charge in [-0.15, -0.1) is 0 Å². The summed E-state index contributed by atoms with van der Waals surface area (Å²) in [5, 5.41) is 5.94. The molecule has 6 heteroatoms. The molecule has 2 heterocycles. The standard InChI is InChI=1S/C26H25BN4O/c27-22-6-3-7-24(17-22)31-15-12-28-25(26(31)32)29-23-10-13-30(14-11-23)18-19-8-9-20-4-1-2-5-21(20)16-19/h1-9,12,15-17,23H,10-11,13-14,18H2,(H,28,29). The van der Waals surface area contributed by atoms with Crippen LogP contribution in [0.1, 0.15) is 18.4 Å². The van der Waals surface area contributed by atoms with Gasteiger partial charge in [-0.25, -0.2) is 4.98 Å². The van der Waals surface area contributed by atoms with Crippen molar-refractivity contribution >= 4 is 29.9 Å². The molecule has 3 aromatic carbocycles. The number of piperidine rings is 1. The third-order valence-electron chi connectivity index (χ3n) is 6.14. The van der Waals surface area contributed by atoms with Gasteiger partial charge in [0.25, 0.3) is 5.56 Å². The molecule has 0 spiro atoms. The van der Waals surface area contributed by atoms with Gasteiger partial charge in [-0.2, -0.15) is 0 Å². The highest BCUT2D eigenvalue weighted by Crippen LogP contribution is 2.20. The number of anilines is 1. The van der Waals surface area contributed by atoms with Crippen molar-refractivity contribution in [1.82, 2.24) is 14.5 Å². The average molecular weight is 420 g/mol. The Kier molecular flexibility index (Phi) is 5.78. The maximum atomic E-state index is 13.0. The Morgan fingerprint density at radius 1 is 0.969 bits per heavy atom. The summed E-state index contributed by atoms with van der Waals surface area (Å²) in [6.07, 6.45) is 5.28. The predicted molar refractivity (Wildman–Crippen MR) is 131 cm³/mol. The number of fused-ring (bicyclic) bond motifs is 1. The minimum Gasteiger partial charge on any atom is -0.363 e. The molecule has 1 saturated heterocycles. The molecule has 158 valence electrons. The van der Waals surface area contributed by atoms with E-state index in [9.17, 15) is 4.79 Å². The molecule has 1 aliphatic rings. The van der Waals surface area contributed by atoms with E-state index in [1.54, 1.807) is 29.1 Å². The molecule has 0 unspecified atom stereocenters. The first-order valence-corrected chi connectivity index (χ1v) is 11.1. The quantitative estimate of drug-likeness (QED) is 0.504. The van der Waals surface area contributed by atoms with Gasteiger partial charge in [0.05, 0.1) is 0 Å². The van der Waals surface area contributed by atoms with Gasteiger partial charge >= 0.3 is 0 Å². The molecule has 5 rings (SSSR count). The van der Waals surface area contributed by atoms with Crippen molar-refractivity contribution in [2.45, 2.75) is 25.4 Å². The second kappa shape index (κ2) is 9.01. The number of nitrogens with zero attached hydrogens (tertiary/aromatic N) is 3. The summed E-state index contributed by atoms with van der Waals surface area (Å²) in [5.74, 6) is 0.392. The second-order valence-corrected chi connectivity index (χ2v) is 8.42. The van der Waals surface area contributed by atoms with Crippen LogP contribution in [0.3, 0.4) is 0 Å². The average Bonchev–Trinajstić information content (AvgIpc) is 2.81. The van der Waals surface area contributed by atoms with E-state index in [1.807, 2.05) is 12.1 Å². The molecule has 1 fully saturated rings. The molecule has 1 aromatic heterocycles. The zero-order valence-corrected chi connectivity index (χ0v) is 17.9. The highest BCUT2D eigenvalue weighted by atomic mass is 16.1. The van der Waals surface area contributed by atoms with E-state index in [2.05, 4.69) is 57.7 Å². The van der Waals surface area contributed by atoms with E-state index >= 15 is 0 Å². The summed E-state index contributed by atoms with van der Waals surface area (Å²) < 4.78 is 1.58. The van der Waals surface area contributed by atoms with Gasteiger partial charge in [0.1, 0.15) is 7.85 Å². The predicted octanol–water partition coefficient (Wildman–Crippen LogP) is 3.26. The normalized spacial score (nSPS) is 15.1. The van der Waals surface area contributed by atoms with Crippen molar-refractivity contribution < 1.29 is 0 Å². The van der Waals surface area contributed by atoms with Crippen LogP contribution in [0, 0.1) is 0 Å². The Bertz CT molecular complexity index is 1290. The molecule has 5 nitrogen and oxygen atoms in total. The highest BCUT2D eigenvalue weighted by Gasteiger charge is 2.21. The first-order chi connectivity index (χ1) is 15.7. The molecule has 0 bridgehead atoms. The summed E-state index contributed by atoms with van der Waals surface area (Å²) >= 11 is 0. The van der Waals surface area contributed by atoms with Crippen molar-refractivity contribution in [2.24, 2.45) is 0 Å². The molecular formula is C26H25BN4O. The Balaban J connectivity index is 1.22. The van der Waals surface area contributed by atoms with Crippen molar-refractivity contribution in [3.05, 3.63) is 95.0 Å². The summed E-state index contributed by atoms with van der Waals surface area (Å²) in [7, 11) is 5.88. The maximum absolute atomic E-state index is 13.0. The van der Waals surface area contributed by atoms with Crippen LogP contribution >= 0.6 is 0 Å². The monoisotopic (exact) mass is 420 g/mol. The van der Waals surface area contributed by atoms with Crippen molar-refractivity contribution in [3.8, 4) is 5.69 Å². The Morgan fingerprint density at radius 2 is 1.78 bits per heavy atom. The number of nitrogens with one attached hydrogen (secondary N) is 1. The molecule has 1 aliphatic heterocycles. The van der Waals surface area contributed by atoms with Crippen molar-refractivity contribution in [1.29, 1.82) is 0 Å². The van der Waals surface area contributed by atoms with Crippen LogP contribution < -0.4 is 16.3 Å². The van der Waals surface area contributed by atoms with Crippen LogP contribution in [-0.4, -0.2) is 41.4 Å². The fourth-order valence-corrected chi connectivity index (χ4v) is 4.41. The lowest BCUT2D eigenvalue weighted by atomic mass is 9.96. The van der Waals surface area contributed by atoms with E-state index in [-0.39, 0.29) is 11.6 Å². The van der Waals surface area contributed by atoms with Crippen LogP contribution in [0.2, 0.25) is 0 Å². The van der Waals surface area contributed by atoms with Crippen molar-refractivity contribution in [2.75, 3.05) is 18.4 Å². The Morgan fingerprint density at radius 3 is 2.59 bits per heavy atom. The Labute approximate surface area is 189 Å². The van der Waals surface area contributed by atoms with E-state index in [1.165, 1.54) is 16.3 Å². The van der Waals surface area contributed by atoms with Gasteiger partial charge in [0.15, 0.2) is 5.82 Å². The van der Waals surface area contributed by atoms with Crippen LogP contribution in [0.25, 0.3) is 16.5 Å². The molecule has 0 aliphatic carbocycles. The largest absolute Gasteiger partial charge is 0.363 e. The van der Waals surface area contributed by atoms with Gasteiger partial charge in [-0.3, -0.25) is 14.3 Å². The fourth-order valence-electron chi connectivity index (χ4n) is 4.41. The lowest BCUT2D eigenvalue weighted by Crippen LogP contribution is -2.40. The molecule has 4 aromatic rings. The number of aromatic nitrogens is 2. The molecular weight excluding hydrogens is 395 g/mol. The maximum Gasteiger partial charge on any atom is 0.297 e. The highest BCUT2D eigenvalue weighted by molar-refractivity contribution is 6.32. The molecule has 0 amide bonds. The number of hydrogen-bond donors (Lipinski definition) is 1. The van der Waals surface area contributed by atoms with Gasteiger partial charge in [-0.1, -0.05) is 54.0 Å². The smallest absolute Gasteiger partial charge is 0.297 e. The minimum absolute atomic E-state index is 0.156. The molecule has 2 radical (unpaired) electrons. The SMILES string of the molecule is [B]c1cccc(-n2ccnc(NC3CCN(Cc4ccc5ccccc5c4)CC3)c2=O)c1. The van der Waals surface area contributed by atoms with Crippen LogP contribution in [0.5, 0.6) is 0 Å². The minimum atomic E-state index is -0.156. The zero-order valence-electron chi connectivity index (χ0n) is 17.9. The first kappa shape index (κ1) is 20.5. The van der Waals surface area contributed by atoms with Gasteiger partial charge in [0, 0.05) is 43.8 Å². The number of likely N-dealkylation sites (tertiary alicyclic amines) is 1. The van der Waals surface area contributed by atoms with E-state index in [0.717, 1.165) is 38.2 Å². The Hall–Kier alpha value is -3.38. The van der Waals surface area contributed by atoms with Gasteiger partial charge < -0.3 is 5.32 Å².